The van der Waals surface area contributed by atoms with Gasteiger partial charge in [0, 0.05) is 10.8 Å². The van der Waals surface area contributed by atoms with E-state index in [9.17, 15) is 4.79 Å². The van der Waals surface area contributed by atoms with Gasteiger partial charge in [0.25, 0.3) is 5.91 Å². The number of rotatable bonds is 0. The van der Waals surface area contributed by atoms with E-state index in [1.807, 2.05) is 65.8 Å². The van der Waals surface area contributed by atoms with Crippen LogP contribution in [0.15, 0.2) is 24.3 Å². The number of carbonyl (C=O) groups is 1. The number of hydrogen-bond acceptors (Lipinski definition) is 2. The maximum Gasteiger partial charge on any atom is 0.269 e. The first-order chi connectivity index (χ1) is 8.59. The van der Waals surface area contributed by atoms with Crippen LogP contribution < -0.4 is 10.1 Å². The maximum atomic E-state index is 12.7. The van der Waals surface area contributed by atoms with Gasteiger partial charge in [0.2, 0.25) is 0 Å². The molecular formula is C16H23NO2. The van der Waals surface area contributed by atoms with E-state index in [-0.39, 0.29) is 16.7 Å². The van der Waals surface area contributed by atoms with E-state index in [0.29, 0.717) is 0 Å². The van der Waals surface area contributed by atoms with E-state index in [4.69, 9.17) is 4.74 Å². The lowest BCUT2D eigenvalue weighted by molar-refractivity contribution is -0.161. The molecular weight excluding hydrogens is 238 g/mol. The van der Waals surface area contributed by atoms with Gasteiger partial charge in [-0.25, -0.2) is 0 Å². The van der Waals surface area contributed by atoms with E-state index in [0.717, 1.165) is 11.4 Å². The molecule has 0 saturated carbocycles. The molecule has 0 saturated heterocycles. The van der Waals surface area contributed by atoms with Crippen molar-refractivity contribution < 1.29 is 9.53 Å². The molecule has 0 aromatic heterocycles. The number of fused-ring (bicyclic) bond motifs is 1. The van der Waals surface area contributed by atoms with Crippen molar-refractivity contribution in [3.8, 4) is 5.75 Å². The van der Waals surface area contributed by atoms with Crippen molar-refractivity contribution in [2.75, 3.05) is 5.32 Å². The maximum absolute atomic E-state index is 12.7. The molecule has 1 N–H and O–H groups in total. The number of amides is 1. The van der Waals surface area contributed by atoms with Crippen molar-refractivity contribution in [1.82, 2.24) is 0 Å². The van der Waals surface area contributed by atoms with Gasteiger partial charge in [-0.3, -0.25) is 4.79 Å². The molecule has 0 radical (unpaired) electrons. The monoisotopic (exact) mass is 261 g/mol. The molecule has 1 aromatic rings. The summed E-state index contributed by atoms with van der Waals surface area (Å²) < 4.78 is 6.25. The highest BCUT2D eigenvalue weighted by Gasteiger charge is 2.60. The number of ether oxygens (including phenoxy) is 1. The predicted octanol–water partition coefficient (Wildman–Crippen LogP) is 3.85. The zero-order valence-electron chi connectivity index (χ0n) is 12.6. The first-order valence-electron chi connectivity index (χ1n) is 6.69. The SMILES string of the molecule is CC(C)(C)C1(C(C)(C)C)Oc2ccccc2NC1=O. The van der Waals surface area contributed by atoms with Crippen molar-refractivity contribution in [2.24, 2.45) is 10.8 Å². The summed E-state index contributed by atoms with van der Waals surface area (Å²) in [5.74, 6) is 0.679. The molecule has 0 spiro atoms. The summed E-state index contributed by atoms with van der Waals surface area (Å²) in [7, 11) is 0. The lowest BCUT2D eigenvalue weighted by Gasteiger charge is -2.53. The average molecular weight is 261 g/mol. The van der Waals surface area contributed by atoms with E-state index in [2.05, 4.69) is 5.32 Å². The van der Waals surface area contributed by atoms with Crippen LogP contribution in [0.5, 0.6) is 5.75 Å². The summed E-state index contributed by atoms with van der Waals surface area (Å²) in [6.45, 7) is 12.3. The van der Waals surface area contributed by atoms with Crippen LogP contribution in [0.4, 0.5) is 5.69 Å². The first kappa shape index (κ1) is 13.9. The van der Waals surface area contributed by atoms with Crippen molar-refractivity contribution >= 4 is 11.6 Å². The Balaban J connectivity index is 2.62. The van der Waals surface area contributed by atoms with Gasteiger partial charge < -0.3 is 10.1 Å². The molecule has 1 aliphatic rings. The summed E-state index contributed by atoms with van der Waals surface area (Å²) in [6, 6.07) is 7.58. The number of anilines is 1. The molecule has 0 bridgehead atoms. The lowest BCUT2D eigenvalue weighted by atomic mass is 9.61. The van der Waals surface area contributed by atoms with Gasteiger partial charge in [-0.2, -0.15) is 0 Å². The van der Waals surface area contributed by atoms with Crippen LogP contribution >= 0.6 is 0 Å². The quantitative estimate of drug-likeness (QED) is 0.770. The predicted molar refractivity (Wildman–Crippen MR) is 77.3 cm³/mol. The molecule has 104 valence electrons. The minimum atomic E-state index is -0.894. The lowest BCUT2D eigenvalue weighted by Crippen LogP contribution is -2.66. The van der Waals surface area contributed by atoms with Crippen LogP contribution in [-0.4, -0.2) is 11.5 Å². The van der Waals surface area contributed by atoms with Gasteiger partial charge >= 0.3 is 0 Å². The molecule has 3 nitrogen and oxygen atoms in total. The Labute approximate surface area is 115 Å². The number of nitrogens with one attached hydrogen (secondary N) is 1. The second-order valence-corrected chi connectivity index (χ2v) is 7.23. The Hall–Kier alpha value is -1.51. The molecule has 1 aromatic carbocycles. The van der Waals surface area contributed by atoms with Crippen LogP contribution in [0, 0.1) is 10.8 Å². The Morgan fingerprint density at radius 3 is 2.05 bits per heavy atom. The van der Waals surface area contributed by atoms with Crippen LogP contribution in [0.2, 0.25) is 0 Å². The van der Waals surface area contributed by atoms with Crippen LogP contribution in [0.1, 0.15) is 41.5 Å². The van der Waals surface area contributed by atoms with Crippen molar-refractivity contribution in [3.05, 3.63) is 24.3 Å². The molecule has 0 fully saturated rings. The van der Waals surface area contributed by atoms with Crippen molar-refractivity contribution in [3.63, 3.8) is 0 Å². The van der Waals surface area contributed by atoms with Crippen molar-refractivity contribution in [2.45, 2.75) is 47.1 Å². The fourth-order valence-electron chi connectivity index (χ4n) is 3.19. The zero-order valence-corrected chi connectivity index (χ0v) is 12.6. The molecule has 2 rings (SSSR count). The van der Waals surface area contributed by atoms with E-state index < -0.39 is 5.60 Å². The third kappa shape index (κ3) is 1.92. The van der Waals surface area contributed by atoms with Crippen LogP contribution in [0.3, 0.4) is 0 Å². The molecule has 0 aliphatic carbocycles. The van der Waals surface area contributed by atoms with Gasteiger partial charge in [-0.05, 0) is 12.1 Å². The molecule has 0 atom stereocenters. The van der Waals surface area contributed by atoms with Crippen LogP contribution in [-0.2, 0) is 4.79 Å². The second kappa shape index (κ2) is 3.99. The van der Waals surface area contributed by atoms with Gasteiger partial charge in [0.1, 0.15) is 5.75 Å². The fraction of sp³-hybridized carbons (Fsp3) is 0.562. The summed E-state index contributed by atoms with van der Waals surface area (Å²) in [6.07, 6.45) is 0. The van der Waals surface area contributed by atoms with Crippen molar-refractivity contribution in [1.29, 1.82) is 0 Å². The first-order valence-corrected chi connectivity index (χ1v) is 6.69. The topological polar surface area (TPSA) is 38.3 Å². The number of benzene rings is 1. The number of para-hydroxylation sites is 2. The second-order valence-electron chi connectivity index (χ2n) is 7.23. The summed E-state index contributed by atoms with van der Waals surface area (Å²) in [5, 5.41) is 3.00. The average Bonchev–Trinajstić information content (AvgIpc) is 2.24. The number of hydrogen-bond donors (Lipinski definition) is 1. The Kier molecular flexibility index (Phi) is 2.92. The minimum Gasteiger partial charge on any atom is -0.474 e. The zero-order chi connectivity index (χ0) is 14.5. The highest BCUT2D eigenvalue weighted by atomic mass is 16.5. The Morgan fingerprint density at radius 1 is 1.00 bits per heavy atom. The van der Waals surface area contributed by atoms with Gasteiger partial charge in [-0.1, -0.05) is 53.7 Å². The third-order valence-corrected chi connectivity index (χ3v) is 3.83. The van der Waals surface area contributed by atoms with Crippen LogP contribution in [0.25, 0.3) is 0 Å². The molecule has 1 aliphatic heterocycles. The summed E-state index contributed by atoms with van der Waals surface area (Å²) in [4.78, 5) is 12.7. The molecule has 1 amide bonds. The largest absolute Gasteiger partial charge is 0.474 e. The smallest absolute Gasteiger partial charge is 0.269 e. The fourth-order valence-corrected chi connectivity index (χ4v) is 3.19. The molecule has 19 heavy (non-hydrogen) atoms. The normalized spacial score (nSPS) is 18.3. The number of carbonyl (C=O) groups excluding carboxylic acids is 1. The molecule has 3 heteroatoms. The van der Waals surface area contributed by atoms with Gasteiger partial charge in [-0.15, -0.1) is 0 Å². The van der Waals surface area contributed by atoms with Gasteiger partial charge in [0.05, 0.1) is 5.69 Å². The Morgan fingerprint density at radius 2 is 1.53 bits per heavy atom. The summed E-state index contributed by atoms with van der Waals surface area (Å²) in [5.41, 5.74) is -0.781. The Bertz CT molecular complexity index is 492. The minimum absolute atomic E-state index is 0.0637. The molecule has 0 unspecified atom stereocenters. The van der Waals surface area contributed by atoms with E-state index in [1.165, 1.54) is 0 Å². The van der Waals surface area contributed by atoms with Gasteiger partial charge in [0.15, 0.2) is 5.60 Å². The highest BCUT2D eigenvalue weighted by Crippen LogP contribution is 2.51. The highest BCUT2D eigenvalue weighted by molar-refractivity contribution is 6.02. The summed E-state index contributed by atoms with van der Waals surface area (Å²) >= 11 is 0. The van der Waals surface area contributed by atoms with E-state index >= 15 is 0 Å². The van der Waals surface area contributed by atoms with E-state index in [1.54, 1.807) is 0 Å². The third-order valence-electron chi connectivity index (χ3n) is 3.83. The molecule has 1 heterocycles. The standard InChI is InChI=1S/C16H23NO2/c1-14(2,3)16(15(4,5)6)13(18)17-11-9-7-8-10-12(11)19-16/h7-10H,1-6H3,(H,17,18).